The van der Waals surface area contributed by atoms with Crippen molar-refractivity contribution in [1.82, 2.24) is 0 Å². The summed E-state index contributed by atoms with van der Waals surface area (Å²) in [5, 5.41) is 0. The van der Waals surface area contributed by atoms with E-state index in [1.807, 2.05) is 18.2 Å². The molecule has 0 radical (unpaired) electrons. The molecule has 0 saturated carbocycles. The number of hydrogen-bond donors (Lipinski definition) is 1. The molecule has 0 unspecified atom stereocenters. The maximum atomic E-state index is 11.2. The Kier molecular flexibility index (Phi) is 5.51. The molecule has 0 aliphatic carbocycles. The van der Waals surface area contributed by atoms with Crippen molar-refractivity contribution in [2.24, 2.45) is 0 Å². The second-order valence-corrected chi connectivity index (χ2v) is 3.81. The highest BCUT2D eigenvalue weighted by Crippen LogP contribution is 2.08. The van der Waals surface area contributed by atoms with Gasteiger partial charge in [-0.1, -0.05) is 36.4 Å². The summed E-state index contributed by atoms with van der Waals surface area (Å²) in [6, 6.07) is 7.42. The largest absolute Gasteiger partial charge is 0.293 e. The van der Waals surface area contributed by atoms with Gasteiger partial charge in [-0.05, 0) is 17.7 Å². The molecule has 0 saturated heterocycles. The Bertz CT molecular complexity index is 343. The molecule has 80 valence electrons. The van der Waals surface area contributed by atoms with Gasteiger partial charge in [-0.25, -0.2) is 0 Å². The molecule has 3 heteroatoms. The van der Waals surface area contributed by atoms with Gasteiger partial charge in [0, 0.05) is 5.56 Å². The first-order chi connectivity index (χ1) is 7.27. The van der Waals surface area contributed by atoms with Crippen molar-refractivity contribution < 1.29 is 4.79 Å². The van der Waals surface area contributed by atoms with E-state index >= 15 is 0 Å². The predicted molar refractivity (Wildman–Crippen MR) is 69.0 cm³/mol. The fourth-order valence-electron chi connectivity index (χ4n) is 1.15. The minimum Gasteiger partial charge on any atom is -0.293 e. The molecule has 1 aromatic rings. The topological polar surface area (TPSA) is 17.1 Å². The molecule has 15 heavy (non-hydrogen) atoms. The number of carbonyl (C=O) groups excluding carboxylic acids is 1. The Hall–Kier alpha value is -0.730. The molecule has 0 spiro atoms. The molecule has 1 aromatic carbocycles. The van der Waals surface area contributed by atoms with Crippen molar-refractivity contribution in [1.29, 1.82) is 0 Å². The van der Waals surface area contributed by atoms with E-state index in [9.17, 15) is 4.79 Å². The molecule has 0 heterocycles. The van der Waals surface area contributed by atoms with Gasteiger partial charge in [0.2, 0.25) is 0 Å². The number of ketones is 1. The van der Waals surface area contributed by atoms with Gasteiger partial charge in [-0.2, -0.15) is 12.6 Å². The van der Waals surface area contributed by atoms with Crippen LogP contribution in [-0.2, 0) is 0 Å². The van der Waals surface area contributed by atoms with Crippen LogP contribution in [0.4, 0.5) is 0 Å². The number of thiol groups is 1. The van der Waals surface area contributed by atoms with Crippen LogP contribution < -0.4 is 0 Å². The molecule has 1 nitrogen and oxygen atoms in total. The van der Waals surface area contributed by atoms with Gasteiger partial charge in [-0.3, -0.25) is 4.79 Å². The fraction of sp³-hybridized carbons (Fsp3) is 0.250. The Balaban J connectivity index is 2.68. The summed E-state index contributed by atoms with van der Waals surface area (Å²) in [6.45, 7) is 0. The maximum Gasteiger partial charge on any atom is 0.177 e. The molecule has 0 amide bonds. The van der Waals surface area contributed by atoms with E-state index in [0.29, 0.717) is 5.56 Å². The zero-order valence-corrected chi connectivity index (χ0v) is 9.97. The fourth-order valence-corrected chi connectivity index (χ4v) is 1.45. The van der Waals surface area contributed by atoms with Crippen molar-refractivity contribution in [3.8, 4) is 0 Å². The lowest BCUT2D eigenvalue weighted by molar-refractivity contribution is 0.102. The van der Waals surface area contributed by atoms with Gasteiger partial charge in [-0.15, -0.1) is 11.6 Å². The van der Waals surface area contributed by atoms with E-state index in [1.54, 1.807) is 12.1 Å². The summed E-state index contributed by atoms with van der Waals surface area (Å²) < 4.78 is 0. The number of carbonyl (C=O) groups is 1. The van der Waals surface area contributed by atoms with Crippen molar-refractivity contribution in [3.05, 3.63) is 41.5 Å². The zero-order valence-electron chi connectivity index (χ0n) is 8.32. The first kappa shape index (κ1) is 12.3. The van der Waals surface area contributed by atoms with E-state index in [2.05, 4.69) is 18.7 Å². The van der Waals surface area contributed by atoms with Gasteiger partial charge in [0.15, 0.2) is 5.78 Å². The molecule has 0 aromatic heterocycles. The molecule has 0 N–H and O–H groups in total. The Morgan fingerprint density at radius 1 is 1.33 bits per heavy atom. The highest BCUT2D eigenvalue weighted by molar-refractivity contribution is 7.80. The van der Waals surface area contributed by atoms with Gasteiger partial charge < -0.3 is 0 Å². The maximum absolute atomic E-state index is 11.2. The lowest BCUT2D eigenvalue weighted by atomic mass is 10.1. The monoisotopic (exact) mass is 240 g/mol. The van der Waals surface area contributed by atoms with Crippen LogP contribution in [0.2, 0.25) is 0 Å². The first-order valence-electron chi connectivity index (χ1n) is 4.74. The van der Waals surface area contributed by atoms with Crippen LogP contribution in [0, 0.1) is 0 Å². The number of halogens is 1. The summed E-state index contributed by atoms with van der Waals surface area (Å²) in [7, 11) is 0. The SMILES string of the molecule is O=C(CCl)c1ccc(C=CCCS)cc1. The number of allylic oxidation sites excluding steroid dienone is 1. The molecular weight excluding hydrogens is 228 g/mol. The highest BCUT2D eigenvalue weighted by atomic mass is 35.5. The molecule has 1 rings (SSSR count). The lowest BCUT2D eigenvalue weighted by Crippen LogP contribution is -1.99. The molecule has 0 aliphatic rings. The number of alkyl halides is 1. The van der Waals surface area contributed by atoms with Crippen molar-refractivity contribution in [2.45, 2.75) is 6.42 Å². The van der Waals surface area contributed by atoms with E-state index in [4.69, 9.17) is 11.6 Å². The highest BCUT2D eigenvalue weighted by Gasteiger charge is 2.01. The molecule has 0 aliphatic heterocycles. The van der Waals surface area contributed by atoms with Crippen LogP contribution in [0.25, 0.3) is 6.08 Å². The standard InChI is InChI=1S/C12H13ClOS/c13-9-12(14)11-6-4-10(5-7-11)3-1-2-8-15/h1,3-7,15H,2,8-9H2. The van der Waals surface area contributed by atoms with Gasteiger partial charge in [0.25, 0.3) is 0 Å². The average molecular weight is 241 g/mol. The number of rotatable bonds is 5. The summed E-state index contributed by atoms with van der Waals surface area (Å²) in [5.41, 5.74) is 1.75. The van der Waals surface area contributed by atoms with E-state index < -0.39 is 0 Å². The summed E-state index contributed by atoms with van der Waals surface area (Å²) in [5.74, 6) is 0.844. The Labute approximate surface area is 101 Å². The quantitative estimate of drug-likeness (QED) is 0.474. The second kappa shape index (κ2) is 6.70. The third-order valence-corrected chi connectivity index (χ3v) is 2.46. The number of benzene rings is 1. The minimum absolute atomic E-state index is 0.0365. The van der Waals surface area contributed by atoms with Gasteiger partial charge >= 0.3 is 0 Å². The molecule has 0 fully saturated rings. The van der Waals surface area contributed by atoms with E-state index in [0.717, 1.165) is 17.7 Å². The Morgan fingerprint density at radius 3 is 2.53 bits per heavy atom. The summed E-state index contributed by atoms with van der Waals surface area (Å²) in [6.07, 6.45) is 5.03. The van der Waals surface area contributed by atoms with Crippen LogP contribution in [0.3, 0.4) is 0 Å². The normalized spacial score (nSPS) is 10.8. The number of hydrogen-bond acceptors (Lipinski definition) is 2. The van der Waals surface area contributed by atoms with Crippen LogP contribution in [0.5, 0.6) is 0 Å². The van der Waals surface area contributed by atoms with Gasteiger partial charge in [0.1, 0.15) is 0 Å². The van der Waals surface area contributed by atoms with E-state index in [-0.39, 0.29) is 11.7 Å². The van der Waals surface area contributed by atoms with Crippen LogP contribution in [0.15, 0.2) is 30.3 Å². The summed E-state index contributed by atoms with van der Waals surface area (Å²) in [4.78, 5) is 11.2. The first-order valence-corrected chi connectivity index (χ1v) is 5.91. The van der Waals surface area contributed by atoms with E-state index in [1.165, 1.54) is 0 Å². The van der Waals surface area contributed by atoms with Crippen LogP contribution >= 0.6 is 24.2 Å². The lowest BCUT2D eigenvalue weighted by Gasteiger charge is -1.97. The summed E-state index contributed by atoms with van der Waals surface area (Å²) >= 11 is 9.57. The minimum atomic E-state index is -0.0393. The van der Waals surface area contributed by atoms with Crippen LogP contribution in [0.1, 0.15) is 22.3 Å². The molecule has 0 atom stereocenters. The van der Waals surface area contributed by atoms with Gasteiger partial charge in [0.05, 0.1) is 5.88 Å². The van der Waals surface area contributed by atoms with Crippen molar-refractivity contribution >= 4 is 36.1 Å². The third kappa shape index (κ3) is 4.10. The van der Waals surface area contributed by atoms with Crippen LogP contribution in [-0.4, -0.2) is 17.4 Å². The zero-order chi connectivity index (χ0) is 11.1. The molecule has 0 bridgehead atoms. The average Bonchev–Trinajstić information content (AvgIpc) is 2.29. The number of Topliss-reactive ketones (excluding diaryl/α,β-unsaturated/α-hetero) is 1. The van der Waals surface area contributed by atoms with Crippen molar-refractivity contribution in [2.75, 3.05) is 11.6 Å². The predicted octanol–water partition coefficient (Wildman–Crippen LogP) is 3.44. The van der Waals surface area contributed by atoms with Crippen molar-refractivity contribution in [3.63, 3.8) is 0 Å². The smallest absolute Gasteiger partial charge is 0.177 e. The molecular formula is C12H13ClOS. The second-order valence-electron chi connectivity index (χ2n) is 3.09. The Morgan fingerprint density at radius 2 is 2.00 bits per heavy atom. The third-order valence-electron chi connectivity index (χ3n) is 1.96.